The minimum absolute atomic E-state index is 0.0854. The van der Waals surface area contributed by atoms with E-state index in [1.165, 1.54) is 0 Å². The summed E-state index contributed by atoms with van der Waals surface area (Å²) < 4.78 is 26.3. The van der Waals surface area contributed by atoms with Crippen molar-refractivity contribution in [3.8, 4) is 45.4 Å². The van der Waals surface area contributed by atoms with E-state index >= 15 is 0 Å². The van der Waals surface area contributed by atoms with Gasteiger partial charge in [-0.2, -0.15) is 0 Å². The molecule has 2 aromatic carbocycles. The number of aryl methyl sites for hydroxylation is 1. The molecule has 5 heterocycles. The van der Waals surface area contributed by atoms with Gasteiger partial charge in [0.2, 0.25) is 17.7 Å². The number of likely N-dealkylation sites (tertiary alicyclic amines) is 2. The van der Waals surface area contributed by atoms with Gasteiger partial charge in [-0.05, 0) is 44.2 Å². The molecule has 1 N–H and O–H groups in total. The van der Waals surface area contributed by atoms with Gasteiger partial charge >= 0.3 is 0 Å². The Balaban J connectivity index is 1.07. The first-order chi connectivity index (χ1) is 24.1. The lowest BCUT2D eigenvalue weighted by Gasteiger charge is -2.47. The fraction of sp³-hybridized carbons (Fsp3) is 0.421. The van der Waals surface area contributed by atoms with Crippen LogP contribution in [0.15, 0.2) is 48.7 Å². The van der Waals surface area contributed by atoms with E-state index in [9.17, 15) is 9.18 Å². The Kier molecular flexibility index (Phi) is 8.49. The third-order valence-electron chi connectivity index (χ3n) is 10.7. The van der Waals surface area contributed by atoms with Crippen LogP contribution in [-0.4, -0.2) is 82.3 Å². The zero-order valence-corrected chi connectivity index (χ0v) is 29.9. The average Bonchev–Trinajstić information content (AvgIpc) is 3.80. The molecule has 4 aliphatic rings. The van der Waals surface area contributed by atoms with Crippen LogP contribution in [0.5, 0.6) is 11.8 Å². The molecule has 2 aromatic heterocycles. The van der Waals surface area contributed by atoms with Crippen LogP contribution in [0, 0.1) is 0 Å². The largest absolute Gasteiger partial charge is 0.481 e. The molecule has 0 radical (unpaired) electrons. The second kappa shape index (κ2) is 12.7. The van der Waals surface area contributed by atoms with Crippen molar-refractivity contribution in [3.05, 3.63) is 75.5 Å². The summed E-state index contributed by atoms with van der Waals surface area (Å²) in [6, 6.07) is 13.8. The van der Waals surface area contributed by atoms with Crippen molar-refractivity contribution in [2.45, 2.75) is 62.8 Å². The van der Waals surface area contributed by atoms with Crippen molar-refractivity contribution in [3.63, 3.8) is 0 Å². The maximum absolute atomic E-state index is 14.8. The van der Waals surface area contributed by atoms with Crippen molar-refractivity contribution >= 4 is 29.1 Å². The summed E-state index contributed by atoms with van der Waals surface area (Å²) in [5, 5.41) is 4.13. The van der Waals surface area contributed by atoms with Gasteiger partial charge in [0.1, 0.15) is 11.4 Å². The number of fused-ring (bicyclic) bond motifs is 1. The molecular weight excluding hydrogens is 678 g/mol. The zero-order chi connectivity index (χ0) is 34.8. The lowest BCUT2D eigenvalue weighted by molar-refractivity contribution is -0.120. The minimum Gasteiger partial charge on any atom is -0.481 e. The molecule has 2 atom stereocenters. The first-order valence-corrected chi connectivity index (χ1v) is 17.8. The highest BCUT2D eigenvalue weighted by atomic mass is 35.5. The van der Waals surface area contributed by atoms with E-state index in [1.807, 2.05) is 36.4 Å². The molecule has 2 unspecified atom stereocenters. The fourth-order valence-corrected chi connectivity index (χ4v) is 8.93. The van der Waals surface area contributed by atoms with E-state index in [0.29, 0.717) is 64.7 Å². The molecular formula is C38H39Cl2FN6O3. The number of alkyl halides is 1. The monoisotopic (exact) mass is 716 g/mol. The number of nitrogens with one attached hydrogen (secondary N) is 1. The maximum Gasteiger partial charge on any atom is 0.237 e. The molecule has 12 heteroatoms. The van der Waals surface area contributed by atoms with Gasteiger partial charge in [0.05, 0.1) is 47.4 Å². The average molecular weight is 718 g/mol. The second-order valence-electron chi connectivity index (χ2n) is 14.3. The van der Waals surface area contributed by atoms with Crippen molar-refractivity contribution in [2.75, 3.05) is 40.4 Å². The minimum atomic E-state index is -1.17. The van der Waals surface area contributed by atoms with Crippen LogP contribution in [0.2, 0.25) is 10.0 Å². The number of benzene rings is 2. The van der Waals surface area contributed by atoms with E-state index in [2.05, 4.69) is 21.2 Å². The number of carbonyl (C=O) groups excluding carboxylic acids is 1. The number of rotatable bonds is 8. The highest BCUT2D eigenvalue weighted by Gasteiger charge is 2.47. The number of aromatic nitrogens is 3. The zero-order valence-electron chi connectivity index (χ0n) is 28.4. The lowest BCUT2D eigenvalue weighted by Crippen LogP contribution is -2.66. The molecule has 9 nitrogen and oxygen atoms in total. The van der Waals surface area contributed by atoms with Crippen LogP contribution < -0.4 is 14.8 Å². The molecule has 0 bridgehead atoms. The summed E-state index contributed by atoms with van der Waals surface area (Å²) >= 11 is 14.3. The van der Waals surface area contributed by atoms with Crippen LogP contribution in [-0.2, 0) is 17.8 Å². The van der Waals surface area contributed by atoms with Gasteiger partial charge in [-0.1, -0.05) is 59.6 Å². The molecule has 50 heavy (non-hydrogen) atoms. The van der Waals surface area contributed by atoms with E-state index in [0.717, 1.165) is 72.4 Å². The summed E-state index contributed by atoms with van der Waals surface area (Å²) in [7, 11) is 3.22. The van der Waals surface area contributed by atoms with E-state index in [1.54, 1.807) is 27.3 Å². The van der Waals surface area contributed by atoms with Crippen LogP contribution in [0.25, 0.3) is 33.6 Å². The molecule has 3 saturated heterocycles. The number of pyridine rings is 1. The molecule has 3 fully saturated rings. The van der Waals surface area contributed by atoms with Crippen molar-refractivity contribution in [2.24, 2.45) is 0 Å². The predicted molar refractivity (Wildman–Crippen MR) is 191 cm³/mol. The molecule has 1 amide bonds. The van der Waals surface area contributed by atoms with Crippen LogP contribution >= 0.6 is 23.2 Å². The maximum atomic E-state index is 14.8. The summed E-state index contributed by atoms with van der Waals surface area (Å²) in [6.07, 6.45) is 5.46. The molecule has 260 valence electrons. The van der Waals surface area contributed by atoms with Gasteiger partial charge in [-0.3, -0.25) is 19.6 Å². The Morgan fingerprint density at radius 1 is 0.920 bits per heavy atom. The third-order valence-corrected chi connectivity index (χ3v) is 11.5. The van der Waals surface area contributed by atoms with Crippen LogP contribution in [0.4, 0.5) is 4.39 Å². The first kappa shape index (κ1) is 33.3. The van der Waals surface area contributed by atoms with Gasteiger partial charge in [0.15, 0.2) is 0 Å². The number of hydrogen-bond donors (Lipinski definition) is 1. The molecule has 1 spiro atoms. The highest BCUT2D eigenvalue weighted by Crippen LogP contribution is 2.47. The molecule has 8 rings (SSSR count). The number of amides is 1. The normalized spacial score (nSPS) is 22.8. The highest BCUT2D eigenvalue weighted by molar-refractivity contribution is 6.39. The standard InChI is InChI=1S/C38H39Cl2FN6O3/c1-37(41)14-15-47(19-37)30-11-10-22-16-27(43-36(50-3)32(22)30)25-8-4-6-23(33(25)39)24-7-5-9-26(34(24)40)28-17-42-29(35(44-28)49-2)18-46-20-38(21-46)13-12-31(48)45-38/h4-9,16-17,30H,10-15,18-21H2,1-3H3,(H,45,48). The summed E-state index contributed by atoms with van der Waals surface area (Å²) in [6.45, 7) is 4.96. The number of hydrogen-bond acceptors (Lipinski definition) is 8. The smallest absolute Gasteiger partial charge is 0.237 e. The topological polar surface area (TPSA) is 92.7 Å². The van der Waals surface area contributed by atoms with Gasteiger partial charge in [0, 0.05) is 73.0 Å². The first-order valence-electron chi connectivity index (χ1n) is 17.1. The van der Waals surface area contributed by atoms with E-state index in [4.69, 9.17) is 47.6 Å². The van der Waals surface area contributed by atoms with Gasteiger partial charge in [-0.25, -0.2) is 14.4 Å². The predicted octanol–water partition coefficient (Wildman–Crippen LogP) is 7.08. The lowest BCUT2D eigenvalue weighted by atomic mass is 9.88. The Labute approximate surface area is 301 Å². The number of ether oxygens (including phenoxy) is 2. The molecule has 3 aliphatic heterocycles. The van der Waals surface area contributed by atoms with Crippen molar-refractivity contribution in [1.82, 2.24) is 30.1 Å². The van der Waals surface area contributed by atoms with Crippen LogP contribution in [0.1, 0.15) is 55.5 Å². The SMILES string of the molecule is COc1nc(-c2cccc(-c3cccc(-c4cc5c(c(OC)n4)C(N4CCC(C)(F)C4)CC5)c3Cl)c2Cl)cnc1CN1CC2(CCC(=O)N2)C1. The van der Waals surface area contributed by atoms with Crippen LogP contribution in [0.3, 0.4) is 0 Å². The van der Waals surface area contributed by atoms with Crippen molar-refractivity contribution in [1.29, 1.82) is 0 Å². The number of halogens is 3. The Bertz CT molecular complexity index is 2000. The molecule has 0 saturated carbocycles. The molecule has 1 aliphatic carbocycles. The fourth-order valence-electron chi connectivity index (χ4n) is 8.28. The van der Waals surface area contributed by atoms with E-state index < -0.39 is 5.67 Å². The van der Waals surface area contributed by atoms with E-state index in [-0.39, 0.29) is 17.5 Å². The summed E-state index contributed by atoms with van der Waals surface area (Å²) in [5.74, 6) is 1.12. The van der Waals surface area contributed by atoms with Gasteiger partial charge in [0.25, 0.3) is 0 Å². The Morgan fingerprint density at radius 2 is 1.58 bits per heavy atom. The van der Waals surface area contributed by atoms with Gasteiger partial charge in [-0.15, -0.1) is 0 Å². The van der Waals surface area contributed by atoms with Crippen molar-refractivity contribution < 1.29 is 18.7 Å². The number of methoxy groups -OCH3 is 2. The third kappa shape index (κ3) is 5.89. The second-order valence-corrected chi connectivity index (χ2v) is 15.1. The number of nitrogens with zero attached hydrogens (tertiary/aromatic N) is 5. The van der Waals surface area contributed by atoms with Gasteiger partial charge < -0.3 is 14.8 Å². The Hall–Kier alpha value is -3.83. The number of carbonyl (C=O) groups is 1. The summed E-state index contributed by atoms with van der Waals surface area (Å²) in [4.78, 5) is 30.7. The summed E-state index contributed by atoms with van der Waals surface area (Å²) in [5.41, 5.74) is 5.93. The molecule has 4 aromatic rings. The quantitative estimate of drug-likeness (QED) is 0.207. The Morgan fingerprint density at radius 3 is 2.20 bits per heavy atom.